The first kappa shape index (κ1) is 13.1. The van der Waals surface area contributed by atoms with Crippen LogP contribution in [0.3, 0.4) is 0 Å². The third-order valence-corrected chi connectivity index (χ3v) is 3.72. The van der Waals surface area contributed by atoms with Crippen LogP contribution < -0.4 is 5.73 Å². The number of benzene rings is 1. The molecule has 0 amide bonds. The van der Waals surface area contributed by atoms with Gasteiger partial charge in [-0.3, -0.25) is 4.79 Å². The molecule has 0 spiro atoms. The molecule has 0 saturated carbocycles. The molecule has 0 fully saturated rings. The average Bonchev–Trinajstić information content (AvgIpc) is 2.79. The molecule has 18 heavy (non-hydrogen) atoms. The zero-order chi connectivity index (χ0) is 13.3. The number of ketones is 1. The van der Waals surface area contributed by atoms with Crippen molar-refractivity contribution in [2.45, 2.75) is 20.3 Å². The van der Waals surface area contributed by atoms with Crippen molar-refractivity contribution < 1.29 is 9.21 Å². The fourth-order valence-corrected chi connectivity index (χ4v) is 2.00. The van der Waals surface area contributed by atoms with Crippen LogP contribution in [0.15, 0.2) is 28.7 Å². The maximum absolute atomic E-state index is 12.4. The number of fused-ring (bicyclic) bond motifs is 1. The molecule has 2 rings (SSSR count). The quantitative estimate of drug-likeness (QED) is 0.859. The van der Waals surface area contributed by atoms with Gasteiger partial charge in [-0.15, -0.1) is 0 Å². The number of hydrogen-bond acceptors (Lipinski definition) is 3. The Morgan fingerprint density at radius 3 is 2.78 bits per heavy atom. The summed E-state index contributed by atoms with van der Waals surface area (Å²) >= 11 is 5.91. The second-order valence-electron chi connectivity index (χ2n) is 4.74. The predicted octanol–water partition coefficient (Wildman–Crippen LogP) is 3.64. The van der Waals surface area contributed by atoms with Crippen molar-refractivity contribution in [3.63, 3.8) is 0 Å². The van der Waals surface area contributed by atoms with Crippen molar-refractivity contribution in [2.75, 3.05) is 6.54 Å². The van der Waals surface area contributed by atoms with Crippen molar-refractivity contribution >= 4 is 28.4 Å². The van der Waals surface area contributed by atoms with Crippen LogP contribution in [0.25, 0.3) is 11.0 Å². The maximum Gasteiger partial charge on any atom is 0.205 e. The minimum Gasteiger partial charge on any atom is -0.453 e. The Morgan fingerprint density at radius 2 is 2.17 bits per heavy atom. The molecule has 2 N–H and O–H groups in total. The minimum atomic E-state index is -0.572. The molecular formula is C14H16ClNO2. The van der Waals surface area contributed by atoms with Gasteiger partial charge in [0.05, 0.1) is 0 Å². The van der Waals surface area contributed by atoms with Gasteiger partial charge in [-0.05, 0) is 30.7 Å². The Morgan fingerprint density at radius 1 is 1.44 bits per heavy atom. The Balaban J connectivity index is 2.45. The van der Waals surface area contributed by atoms with Crippen LogP contribution in [-0.4, -0.2) is 12.3 Å². The molecule has 0 radical (unpaired) electrons. The highest BCUT2D eigenvalue weighted by Gasteiger charge is 2.32. The summed E-state index contributed by atoms with van der Waals surface area (Å²) in [5.74, 6) is 0.293. The maximum atomic E-state index is 12.4. The normalized spacial score (nSPS) is 14.7. The van der Waals surface area contributed by atoms with Crippen LogP contribution in [0.4, 0.5) is 0 Å². The van der Waals surface area contributed by atoms with Crippen LogP contribution in [-0.2, 0) is 0 Å². The number of furan rings is 1. The molecule has 4 heteroatoms. The monoisotopic (exact) mass is 265 g/mol. The number of rotatable bonds is 4. The summed E-state index contributed by atoms with van der Waals surface area (Å²) < 4.78 is 5.57. The highest BCUT2D eigenvalue weighted by atomic mass is 35.5. The topological polar surface area (TPSA) is 56.2 Å². The third kappa shape index (κ3) is 2.16. The first-order chi connectivity index (χ1) is 8.50. The minimum absolute atomic E-state index is 0.0557. The number of nitrogens with two attached hydrogens (primary N) is 1. The zero-order valence-electron chi connectivity index (χ0n) is 10.5. The van der Waals surface area contributed by atoms with Gasteiger partial charge in [0.25, 0.3) is 0 Å². The number of halogens is 1. The first-order valence-electron chi connectivity index (χ1n) is 5.94. The second-order valence-corrected chi connectivity index (χ2v) is 5.18. The Kier molecular flexibility index (Phi) is 3.46. The predicted molar refractivity (Wildman–Crippen MR) is 73.0 cm³/mol. The largest absolute Gasteiger partial charge is 0.453 e. The second kappa shape index (κ2) is 4.75. The van der Waals surface area contributed by atoms with Crippen LogP contribution in [0.1, 0.15) is 30.8 Å². The lowest BCUT2D eigenvalue weighted by atomic mass is 9.82. The fraction of sp³-hybridized carbons (Fsp3) is 0.357. The molecule has 0 aliphatic rings. The van der Waals surface area contributed by atoms with Gasteiger partial charge in [0, 0.05) is 22.4 Å². The van der Waals surface area contributed by atoms with Crippen LogP contribution >= 0.6 is 11.6 Å². The molecule has 0 saturated heterocycles. The van der Waals surface area contributed by atoms with E-state index in [9.17, 15) is 4.79 Å². The lowest BCUT2D eigenvalue weighted by Crippen LogP contribution is -2.35. The number of Topliss-reactive ketones (excluding diaryl/α,β-unsaturated/α-hetero) is 1. The van der Waals surface area contributed by atoms with E-state index in [1.165, 1.54) is 0 Å². The number of carbonyl (C=O) groups is 1. The Bertz CT molecular complexity index is 584. The lowest BCUT2D eigenvalue weighted by molar-refractivity contribution is 0.0792. The van der Waals surface area contributed by atoms with Crippen LogP contribution in [0, 0.1) is 5.41 Å². The molecular weight excluding hydrogens is 250 g/mol. The van der Waals surface area contributed by atoms with Crippen molar-refractivity contribution in [2.24, 2.45) is 11.1 Å². The fourth-order valence-electron chi connectivity index (χ4n) is 1.82. The average molecular weight is 266 g/mol. The Labute approximate surface area is 111 Å². The Hall–Kier alpha value is -1.32. The standard InChI is InChI=1S/C14H16ClNO2/c1-3-14(2,8-16)13(17)12-7-9-6-10(15)4-5-11(9)18-12/h4-7H,3,8,16H2,1-2H3. The summed E-state index contributed by atoms with van der Waals surface area (Å²) in [6.07, 6.45) is 0.681. The van der Waals surface area contributed by atoms with E-state index < -0.39 is 5.41 Å². The molecule has 1 heterocycles. The molecule has 1 atom stereocenters. The molecule has 2 aromatic rings. The highest BCUT2D eigenvalue weighted by molar-refractivity contribution is 6.31. The van der Waals surface area contributed by atoms with Crippen molar-refractivity contribution in [3.05, 3.63) is 35.0 Å². The van der Waals surface area contributed by atoms with Crippen molar-refractivity contribution in [3.8, 4) is 0 Å². The van der Waals surface area contributed by atoms with Gasteiger partial charge in [0.15, 0.2) is 5.76 Å². The molecule has 0 aliphatic heterocycles. The summed E-state index contributed by atoms with van der Waals surface area (Å²) in [6.45, 7) is 4.11. The third-order valence-electron chi connectivity index (χ3n) is 3.48. The molecule has 1 unspecified atom stereocenters. The van der Waals surface area contributed by atoms with Gasteiger partial charge < -0.3 is 10.2 Å². The van der Waals surface area contributed by atoms with E-state index in [2.05, 4.69) is 0 Å². The van der Waals surface area contributed by atoms with E-state index in [1.807, 2.05) is 13.8 Å². The van der Waals surface area contributed by atoms with Gasteiger partial charge in [0.1, 0.15) is 5.58 Å². The molecule has 0 aliphatic carbocycles. The van der Waals surface area contributed by atoms with Crippen LogP contribution in [0.5, 0.6) is 0 Å². The first-order valence-corrected chi connectivity index (χ1v) is 6.32. The molecule has 0 bridgehead atoms. The molecule has 1 aromatic carbocycles. The van der Waals surface area contributed by atoms with Gasteiger partial charge in [-0.2, -0.15) is 0 Å². The summed E-state index contributed by atoms with van der Waals surface area (Å²) in [5.41, 5.74) is 5.78. The van der Waals surface area contributed by atoms with E-state index in [0.29, 0.717) is 29.3 Å². The summed E-state index contributed by atoms with van der Waals surface area (Å²) in [4.78, 5) is 12.4. The highest BCUT2D eigenvalue weighted by Crippen LogP contribution is 2.29. The van der Waals surface area contributed by atoms with Crippen molar-refractivity contribution in [1.82, 2.24) is 0 Å². The van der Waals surface area contributed by atoms with Gasteiger partial charge >= 0.3 is 0 Å². The smallest absolute Gasteiger partial charge is 0.205 e. The SMILES string of the molecule is CCC(C)(CN)C(=O)c1cc2cc(Cl)ccc2o1. The van der Waals surface area contributed by atoms with Crippen LogP contribution in [0.2, 0.25) is 5.02 Å². The lowest BCUT2D eigenvalue weighted by Gasteiger charge is -2.22. The van der Waals surface area contributed by atoms with E-state index in [4.69, 9.17) is 21.8 Å². The number of carbonyl (C=O) groups excluding carboxylic acids is 1. The molecule has 96 valence electrons. The zero-order valence-corrected chi connectivity index (χ0v) is 11.3. The summed E-state index contributed by atoms with van der Waals surface area (Å²) in [5, 5.41) is 1.46. The van der Waals surface area contributed by atoms with E-state index >= 15 is 0 Å². The van der Waals surface area contributed by atoms with Crippen molar-refractivity contribution in [1.29, 1.82) is 0 Å². The number of hydrogen-bond donors (Lipinski definition) is 1. The molecule has 1 aromatic heterocycles. The molecule has 3 nitrogen and oxygen atoms in total. The summed E-state index contributed by atoms with van der Waals surface area (Å²) in [7, 11) is 0. The van der Waals surface area contributed by atoms with E-state index in [-0.39, 0.29) is 5.78 Å². The van der Waals surface area contributed by atoms with Gasteiger partial charge in [0.2, 0.25) is 5.78 Å². The summed E-state index contributed by atoms with van der Waals surface area (Å²) in [6, 6.07) is 7.01. The van der Waals surface area contributed by atoms with Gasteiger partial charge in [-0.25, -0.2) is 0 Å². The van der Waals surface area contributed by atoms with Gasteiger partial charge in [-0.1, -0.05) is 25.4 Å². The van der Waals surface area contributed by atoms with E-state index in [0.717, 1.165) is 5.39 Å². The van der Waals surface area contributed by atoms with E-state index in [1.54, 1.807) is 24.3 Å².